The van der Waals surface area contributed by atoms with Crippen LogP contribution in [0.2, 0.25) is 0 Å². The van der Waals surface area contributed by atoms with Crippen molar-refractivity contribution in [1.29, 1.82) is 0 Å². The Hall–Kier alpha value is -2.48. The van der Waals surface area contributed by atoms with Crippen molar-refractivity contribution in [2.24, 2.45) is 0 Å². The van der Waals surface area contributed by atoms with Gasteiger partial charge in [-0.3, -0.25) is 0 Å². The van der Waals surface area contributed by atoms with E-state index in [1.807, 2.05) is 44.2 Å². The van der Waals surface area contributed by atoms with E-state index >= 15 is 0 Å². The van der Waals surface area contributed by atoms with Gasteiger partial charge in [-0.05, 0) is 63.1 Å². The zero-order valence-electron chi connectivity index (χ0n) is 19.9. The number of aliphatic hydroxyl groups is 1. The van der Waals surface area contributed by atoms with Crippen LogP contribution in [0.15, 0.2) is 48.5 Å². The summed E-state index contributed by atoms with van der Waals surface area (Å²) in [5.41, 5.74) is 2.58. The van der Waals surface area contributed by atoms with Crippen molar-refractivity contribution in [3.63, 3.8) is 0 Å². The number of nitrogens with one attached hydrogen (secondary N) is 2. The molecular weight excluding hydrogens is 435 g/mol. The predicted octanol–water partition coefficient (Wildman–Crippen LogP) is 4.20. The number of rotatable bonds is 7. The van der Waals surface area contributed by atoms with Gasteiger partial charge in [0.05, 0.1) is 37.1 Å². The third-order valence-electron chi connectivity index (χ3n) is 6.64. The van der Waals surface area contributed by atoms with Crippen molar-refractivity contribution in [2.45, 2.75) is 82.5 Å². The van der Waals surface area contributed by atoms with Crippen LogP contribution in [0.3, 0.4) is 0 Å². The molecule has 184 valence electrons. The summed E-state index contributed by atoms with van der Waals surface area (Å²) in [4.78, 5) is 12.4. The zero-order chi connectivity index (χ0) is 24.1. The fraction of sp³-hybridized carbons (Fsp3) is 0.519. The average molecular weight is 471 g/mol. The SMILES string of the molecule is CC(C)NC(=O)N[C@H]1C[C@@H]2O[C@@H](CO)CC[C@@H]2O[C@@H]1CCc1ccc(-c2ccccc2F)cc1. The van der Waals surface area contributed by atoms with Crippen LogP contribution in [0, 0.1) is 5.82 Å². The summed E-state index contributed by atoms with van der Waals surface area (Å²) in [5, 5.41) is 15.5. The molecule has 0 aliphatic carbocycles. The quantitative estimate of drug-likeness (QED) is 0.567. The van der Waals surface area contributed by atoms with Crippen LogP contribution in [0.5, 0.6) is 0 Å². The Kier molecular flexibility index (Phi) is 8.19. The van der Waals surface area contributed by atoms with Gasteiger partial charge in [0, 0.05) is 11.6 Å². The van der Waals surface area contributed by atoms with Gasteiger partial charge in [0.2, 0.25) is 0 Å². The largest absolute Gasteiger partial charge is 0.394 e. The van der Waals surface area contributed by atoms with Crippen molar-refractivity contribution in [1.82, 2.24) is 10.6 Å². The Balaban J connectivity index is 1.41. The minimum absolute atomic E-state index is 0.00144. The number of aryl methyl sites for hydroxylation is 1. The number of carbonyl (C=O) groups excluding carboxylic acids is 1. The van der Waals surface area contributed by atoms with E-state index in [9.17, 15) is 14.3 Å². The van der Waals surface area contributed by atoms with E-state index in [0.29, 0.717) is 12.0 Å². The summed E-state index contributed by atoms with van der Waals surface area (Å²) in [7, 11) is 0. The van der Waals surface area contributed by atoms with Gasteiger partial charge < -0.3 is 25.2 Å². The molecule has 2 aliphatic heterocycles. The first-order valence-corrected chi connectivity index (χ1v) is 12.3. The number of ether oxygens (including phenoxy) is 2. The van der Waals surface area contributed by atoms with Gasteiger partial charge in [-0.2, -0.15) is 0 Å². The Morgan fingerprint density at radius 2 is 1.85 bits per heavy atom. The predicted molar refractivity (Wildman–Crippen MR) is 129 cm³/mol. The molecule has 0 unspecified atom stereocenters. The van der Waals surface area contributed by atoms with E-state index in [0.717, 1.165) is 36.8 Å². The lowest BCUT2D eigenvalue weighted by Gasteiger charge is -2.45. The number of amides is 2. The van der Waals surface area contributed by atoms with E-state index in [1.54, 1.807) is 12.1 Å². The Labute approximate surface area is 200 Å². The molecule has 2 amide bonds. The van der Waals surface area contributed by atoms with E-state index < -0.39 is 0 Å². The highest BCUT2D eigenvalue weighted by molar-refractivity contribution is 5.74. The van der Waals surface area contributed by atoms with E-state index in [1.165, 1.54) is 6.07 Å². The summed E-state index contributed by atoms with van der Waals surface area (Å²) in [6.45, 7) is 3.85. The van der Waals surface area contributed by atoms with E-state index in [2.05, 4.69) is 10.6 Å². The molecule has 2 aliphatic rings. The number of hydrogen-bond acceptors (Lipinski definition) is 4. The fourth-order valence-electron chi connectivity index (χ4n) is 4.91. The number of carbonyl (C=O) groups is 1. The van der Waals surface area contributed by atoms with E-state index in [-0.39, 0.29) is 55.0 Å². The van der Waals surface area contributed by atoms with Crippen molar-refractivity contribution in [3.8, 4) is 11.1 Å². The van der Waals surface area contributed by atoms with Crippen molar-refractivity contribution >= 4 is 6.03 Å². The van der Waals surface area contributed by atoms with Gasteiger partial charge in [-0.15, -0.1) is 0 Å². The lowest BCUT2D eigenvalue weighted by molar-refractivity contribution is -0.201. The smallest absolute Gasteiger partial charge is 0.315 e. The first-order chi connectivity index (χ1) is 16.4. The summed E-state index contributed by atoms with van der Waals surface area (Å²) in [5.74, 6) is -0.230. The van der Waals surface area contributed by atoms with Crippen LogP contribution >= 0.6 is 0 Å². The lowest BCUT2D eigenvalue weighted by Crippen LogP contribution is -2.59. The fourth-order valence-corrected chi connectivity index (χ4v) is 4.91. The molecule has 0 spiro atoms. The van der Waals surface area contributed by atoms with Gasteiger partial charge in [-0.25, -0.2) is 9.18 Å². The second kappa shape index (κ2) is 11.3. The van der Waals surface area contributed by atoms with Gasteiger partial charge in [0.15, 0.2) is 0 Å². The highest BCUT2D eigenvalue weighted by Gasteiger charge is 2.42. The highest BCUT2D eigenvalue weighted by Crippen LogP contribution is 2.33. The summed E-state index contributed by atoms with van der Waals surface area (Å²) in [6, 6.07) is 14.4. The third kappa shape index (κ3) is 6.14. The number of fused-ring (bicyclic) bond motifs is 1. The first-order valence-electron chi connectivity index (χ1n) is 12.3. The molecule has 0 radical (unpaired) electrons. The molecule has 2 saturated heterocycles. The molecule has 2 aromatic rings. The molecule has 0 aromatic heterocycles. The molecule has 2 aromatic carbocycles. The normalized spacial score (nSPS) is 26.7. The van der Waals surface area contributed by atoms with E-state index in [4.69, 9.17) is 9.47 Å². The van der Waals surface area contributed by atoms with Crippen LogP contribution in [0.1, 0.15) is 45.1 Å². The maximum absolute atomic E-state index is 14.1. The maximum atomic E-state index is 14.1. The first kappa shape index (κ1) is 24.6. The van der Waals surface area contributed by atoms with Gasteiger partial charge in [-0.1, -0.05) is 42.5 Å². The highest BCUT2D eigenvalue weighted by atomic mass is 19.1. The zero-order valence-corrected chi connectivity index (χ0v) is 19.9. The molecule has 7 heteroatoms. The monoisotopic (exact) mass is 470 g/mol. The topological polar surface area (TPSA) is 79.8 Å². The molecule has 0 bridgehead atoms. The lowest BCUT2D eigenvalue weighted by atomic mass is 9.88. The minimum atomic E-state index is -0.230. The van der Waals surface area contributed by atoms with Crippen molar-refractivity contribution in [2.75, 3.05) is 6.61 Å². The van der Waals surface area contributed by atoms with Crippen molar-refractivity contribution in [3.05, 3.63) is 59.9 Å². The second-order valence-corrected chi connectivity index (χ2v) is 9.60. The molecule has 0 saturated carbocycles. The Bertz CT molecular complexity index is 952. The maximum Gasteiger partial charge on any atom is 0.315 e. The molecule has 5 atom stereocenters. The van der Waals surface area contributed by atoms with Gasteiger partial charge >= 0.3 is 6.03 Å². The van der Waals surface area contributed by atoms with Gasteiger partial charge in [0.25, 0.3) is 0 Å². The van der Waals surface area contributed by atoms with Crippen molar-refractivity contribution < 1.29 is 23.8 Å². The number of aliphatic hydroxyl groups excluding tert-OH is 1. The molecular formula is C27H35FN2O4. The molecule has 3 N–H and O–H groups in total. The summed E-state index contributed by atoms with van der Waals surface area (Å²) in [6.07, 6.45) is 3.34. The molecule has 4 rings (SSSR count). The van der Waals surface area contributed by atoms with Crippen LogP contribution in [0.25, 0.3) is 11.1 Å². The molecule has 34 heavy (non-hydrogen) atoms. The minimum Gasteiger partial charge on any atom is -0.394 e. The Morgan fingerprint density at radius 3 is 2.56 bits per heavy atom. The number of benzene rings is 2. The molecule has 2 fully saturated rings. The average Bonchev–Trinajstić information content (AvgIpc) is 2.82. The summed E-state index contributed by atoms with van der Waals surface area (Å²) >= 11 is 0. The molecule has 2 heterocycles. The summed E-state index contributed by atoms with van der Waals surface area (Å²) < 4.78 is 26.6. The van der Waals surface area contributed by atoms with Crippen LogP contribution < -0.4 is 10.6 Å². The van der Waals surface area contributed by atoms with Crippen LogP contribution in [0.4, 0.5) is 9.18 Å². The third-order valence-corrected chi connectivity index (χ3v) is 6.64. The number of hydrogen-bond donors (Lipinski definition) is 3. The number of halogens is 1. The molecule has 6 nitrogen and oxygen atoms in total. The number of urea groups is 1. The second-order valence-electron chi connectivity index (χ2n) is 9.60. The van der Waals surface area contributed by atoms with Gasteiger partial charge in [0.1, 0.15) is 5.82 Å². The van der Waals surface area contributed by atoms with Crippen LogP contribution in [-0.2, 0) is 15.9 Å². The Morgan fingerprint density at radius 1 is 1.09 bits per heavy atom. The van der Waals surface area contributed by atoms with Crippen LogP contribution in [-0.4, -0.2) is 54.2 Å². The standard InChI is InChI=1S/C27H35FN2O4/c1-17(2)29-27(32)30-23-15-26-25(14-12-20(16-31)33-26)34-24(23)13-9-18-7-10-19(11-8-18)21-5-3-4-6-22(21)28/h3-8,10-11,17,20,23-26,31H,9,12-16H2,1-2H3,(H2,29,30,32)/t20-,23+,24-,25+,26+/m1/s1.